The third-order valence-corrected chi connectivity index (χ3v) is 5.74. The first kappa shape index (κ1) is 24.0. The van der Waals surface area contributed by atoms with Crippen LogP contribution in [-0.4, -0.2) is 34.6 Å². The summed E-state index contributed by atoms with van der Waals surface area (Å²) < 4.78 is 5.28. The van der Waals surface area contributed by atoms with Crippen molar-refractivity contribution in [2.24, 2.45) is 0 Å². The number of nitrogens with one attached hydrogen (secondary N) is 2. The summed E-state index contributed by atoms with van der Waals surface area (Å²) in [6.45, 7) is 8.58. The molecule has 2 N–H and O–H groups in total. The number of hydrogen-bond acceptors (Lipinski definition) is 5. The van der Waals surface area contributed by atoms with Gasteiger partial charge in [0.2, 0.25) is 5.91 Å². The monoisotopic (exact) mass is 475 g/mol. The Hall–Kier alpha value is -4.14. The molecule has 0 bridgehead atoms. The number of carbonyl (C=O) groups excluding carboxylic acids is 3. The molecule has 1 aliphatic heterocycles. The van der Waals surface area contributed by atoms with Gasteiger partial charge >= 0.3 is 12.1 Å². The van der Waals surface area contributed by atoms with Gasteiger partial charge < -0.3 is 14.7 Å². The Bertz CT molecular complexity index is 1240. The maximum atomic E-state index is 13.1. The molecule has 1 saturated heterocycles. The topological polar surface area (TPSA) is 108 Å². The fourth-order valence-corrected chi connectivity index (χ4v) is 3.76. The van der Waals surface area contributed by atoms with E-state index in [1.165, 1.54) is 4.90 Å². The number of imide groups is 1. The minimum Gasteiger partial charge on any atom is -0.359 e. The smallest absolute Gasteiger partial charge is 0.331 e. The number of benzene rings is 2. The van der Waals surface area contributed by atoms with Gasteiger partial charge in [0.1, 0.15) is 5.76 Å². The molecular formula is C26H29N5O4. The molecule has 0 aliphatic carbocycles. The summed E-state index contributed by atoms with van der Waals surface area (Å²) >= 11 is 0. The highest BCUT2D eigenvalue weighted by Crippen LogP contribution is 2.26. The Morgan fingerprint density at radius 3 is 2.43 bits per heavy atom. The predicted molar refractivity (Wildman–Crippen MR) is 133 cm³/mol. The average molecular weight is 476 g/mol. The molecule has 9 heteroatoms. The molecule has 4 rings (SSSR count). The standard InChI is InChI=1S/C26H29N5O4/c1-17-7-5-6-8-20(17)31-23(32)13-14-30(25(31)34)16-18-9-11-19(12-10-18)27-24(33)28-22-15-21(35-29-22)26(2,3)4/h5-12,15H,13-14,16H2,1-4H3,(H2,27,28,29,33). The van der Waals surface area contributed by atoms with E-state index in [1.807, 2.05) is 58.0 Å². The van der Waals surface area contributed by atoms with Crippen molar-refractivity contribution in [3.63, 3.8) is 0 Å². The lowest BCUT2D eigenvalue weighted by Crippen LogP contribution is -2.52. The van der Waals surface area contributed by atoms with Crippen molar-refractivity contribution in [3.8, 4) is 0 Å². The normalized spacial score (nSPS) is 14.3. The second-order valence-electron chi connectivity index (χ2n) is 9.57. The molecule has 1 aliphatic rings. The van der Waals surface area contributed by atoms with Gasteiger partial charge in [-0.15, -0.1) is 0 Å². The number of urea groups is 2. The summed E-state index contributed by atoms with van der Waals surface area (Å²) in [6, 6.07) is 15.5. The second kappa shape index (κ2) is 9.61. The zero-order valence-corrected chi connectivity index (χ0v) is 20.3. The highest BCUT2D eigenvalue weighted by Gasteiger charge is 2.33. The molecule has 2 heterocycles. The molecule has 35 heavy (non-hydrogen) atoms. The summed E-state index contributed by atoms with van der Waals surface area (Å²) in [6.07, 6.45) is 0.263. The maximum Gasteiger partial charge on any atom is 0.331 e. The summed E-state index contributed by atoms with van der Waals surface area (Å²) in [4.78, 5) is 40.8. The van der Waals surface area contributed by atoms with Crippen LogP contribution >= 0.6 is 0 Å². The molecule has 5 amide bonds. The molecule has 3 aromatic rings. The van der Waals surface area contributed by atoms with E-state index >= 15 is 0 Å². The zero-order valence-electron chi connectivity index (χ0n) is 20.3. The van der Waals surface area contributed by atoms with Gasteiger partial charge in [-0.3, -0.25) is 10.1 Å². The van der Waals surface area contributed by atoms with Gasteiger partial charge in [0.25, 0.3) is 0 Å². The van der Waals surface area contributed by atoms with E-state index in [0.717, 1.165) is 11.1 Å². The Labute approximate surface area is 204 Å². The molecule has 0 unspecified atom stereocenters. The predicted octanol–water partition coefficient (Wildman–Crippen LogP) is 5.28. The van der Waals surface area contributed by atoms with Crippen molar-refractivity contribution in [2.45, 2.75) is 46.1 Å². The van der Waals surface area contributed by atoms with E-state index in [4.69, 9.17) is 4.52 Å². The number of aromatic nitrogens is 1. The van der Waals surface area contributed by atoms with Gasteiger partial charge in [-0.1, -0.05) is 56.3 Å². The molecule has 0 saturated carbocycles. The minimum atomic E-state index is -0.440. The van der Waals surface area contributed by atoms with E-state index < -0.39 is 6.03 Å². The molecule has 1 fully saturated rings. The van der Waals surface area contributed by atoms with Crippen molar-refractivity contribution in [1.29, 1.82) is 0 Å². The van der Waals surface area contributed by atoms with Gasteiger partial charge in [0.05, 0.1) is 5.69 Å². The number of carbonyl (C=O) groups is 3. The van der Waals surface area contributed by atoms with Gasteiger partial charge in [0.15, 0.2) is 5.82 Å². The lowest BCUT2D eigenvalue weighted by molar-refractivity contribution is -0.119. The van der Waals surface area contributed by atoms with Crippen LogP contribution in [0.5, 0.6) is 0 Å². The third-order valence-electron chi connectivity index (χ3n) is 5.74. The number of rotatable bonds is 5. The Morgan fingerprint density at radius 1 is 1.06 bits per heavy atom. The van der Waals surface area contributed by atoms with E-state index in [-0.39, 0.29) is 23.8 Å². The van der Waals surface area contributed by atoms with Gasteiger partial charge in [-0.05, 0) is 36.2 Å². The summed E-state index contributed by atoms with van der Waals surface area (Å²) in [5.74, 6) is 0.806. The van der Waals surface area contributed by atoms with Crippen LogP contribution in [0.3, 0.4) is 0 Å². The van der Waals surface area contributed by atoms with Gasteiger partial charge in [-0.2, -0.15) is 0 Å². The summed E-state index contributed by atoms with van der Waals surface area (Å²) in [5.41, 5.74) is 2.74. The fraction of sp³-hybridized carbons (Fsp3) is 0.308. The highest BCUT2D eigenvalue weighted by atomic mass is 16.5. The first-order valence-corrected chi connectivity index (χ1v) is 11.4. The van der Waals surface area contributed by atoms with Crippen LogP contribution in [0.25, 0.3) is 0 Å². The van der Waals surface area contributed by atoms with E-state index in [0.29, 0.717) is 36.0 Å². The number of nitrogens with zero attached hydrogens (tertiary/aromatic N) is 3. The van der Waals surface area contributed by atoms with Crippen molar-refractivity contribution in [3.05, 3.63) is 71.5 Å². The van der Waals surface area contributed by atoms with Gasteiger partial charge in [-0.25, -0.2) is 14.5 Å². The van der Waals surface area contributed by atoms with E-state index in [1.54, 1.807) is 29.2 Å². The Balaban J connectivity index is 1.37. The van der Waals surface area contributed by atoms with Crippen molar-refractivity contribution in [1.82, 2.24) is 10.1 Å². The van der Waals surface area contributed by atoms with Crippen LogP contribution in [0.15, 0.2) is 59.1 Å². The Kier molecular flexibility index (Phi) is 6.59. The van der Waals surface area contributed by atoms with Crippen molar-refractivity contribution < 1.29 is 18.9 Å². The molecule has 2 aromatic carbocycles. The van der Waals surface area contributed by atoms with Crippen molar-refractivity contribution in [2.75, 3.05) is 22.1 Å². The van der Waals surface area contributed by atoms with Crippen LogP contribution in [0, 0.1) is 6.92 Å². The number of aryl methyl sites for hydroxylation is 1. The SMILES string of the molecule is Cc1ccccc1N1C(=O)CCN(Cc2ccc(NC(=O)Nc3cc(C(C)(C)C)on3)cc2)C1=O. The van der Waals surface area contributed by atoms with Crippen LogP contribution < -0.4 is 15.5 Å². The number of amides is 5. The van der Waals surface area contributed by atoms with Crippen LogP contribution in [-0.2, 0) is 16.8 Å². The average Bonchev–Trinajstić information content (AvgIpc) is 3.27. The molecule has 0 radical (unpaired) electrons. The van der Waals surface area contributed by atoms with E-state index in [2.05, 4.69) is 15.8 Å². The van der Waals surface area contributed by atoms with Gasteiger partial charge in [0, 0.05) is 36.7 Å². The quantitative estimate of drug-likeness (QED) is 0.522. The molecular weight excluding hydrogens is 446 g/mol. The molecule has 9 nitrogen and oxygen atoms in total. The zero-order chi connectivity index (χ0) is 25.2. The molecule has 182 valence electrons. The van der Waals surface area contributed by atoms with Crippen LogP contribution in [0.4, 0.5) is 26.8 Å². The second-order valence-corrected chi connectivity index (χ2v) is 9.57. The number of anilines is 3. The molecule has 0 atom stereocenters. The van der Waals surface area contributed by atoms with Crippen LogP contribution in [0.1, 0.15) is 44.1 Å². The minimum absolute atomic E-state index is 0.201. The first-order valence-electron chi connectivity index (χ1n) is 11.4. The Morgan fingerprint density at radius 2 is 1.77 bits per heavy atom. The lowest BCUT2D eigenvalue weighted by Gasteiger charge is -2.34. The fourth-order valence-electron chi connectivity index (χ4n) is 3.76. The summed E-state index contributed by atoms with van der Waals surface area (Å²) in [5, 5.41) is 9.28. The van der Waals surface area contributed by atoms with E-state index in [9.17, 15) is 14.4 Å². The first-order chi connectivity index (χ1) is 16.6. The number of hydrogen-bond donors (Lipinski definition) is 2. The van der Waals surface area contributed by atoms with Crippen LogP contribution in [0.2, 0.25) is 0 Å². The summed E-state index contributed by atoms with van der Waals surface area (Å²) in [7, 11) is 0. The van der Waals surface area contributed by atoms with Crippen molar-refractivity contribution >= 4 is 35.2 Å². The lowest BCUT2D eigenvalue weighted by atomic mass is 9.93. The highest BCUT2D eigenvalue weighted by molar-refractivity contribution is 6.16. The third kappa shape index (κ3) is 5.51. The molecule has 1 aromatic heterocycles. The largest absolute Gasteiger partial charge is 0.359 e. The molecule has 0 spiro atoms. The number of para-hydroxylation sites is 1. The maximum absolute atomic E-state index is 13.1.